The minimum Gasteiger partial charge on any atom is -0.489 e. The van der Waals surface area contributed by atoms with Crippen LogP contribution in [0.5, 0.6) is 5.75 Å². The van der Waals surface area contributed by atoms with Gasteiger partial charge in [0.05, 0.1) is 21.6 Å². The molecule has 0 spiro atoms. The lowest BCUT2D eigenvalue weighted by molar-refractivity contribution is 0.316. The van der Waals surface area contributed by atoms with E-state index in [0.717, 1.165) is 6.07 Å². The minimum atomic E-state index is -3.82. The van der Waals surface area contributed by atoms with Crippen molar-refractivity contribution in [1.82, 2.24) is 0 Å². The maximum Gasteiger partial charge on any atom is 0.264 e. The van der Waals surface area contributed by atoms with Crippen LogP contribution in [0.2, 0.25) is 0 Å². The van der Waals surface area contributed by atoms with Crippen molar-refractivity contribution in [1.29, 1.82) is 0 Å². The van der Waals surface area contributed by atoms with E-state index in [1.165, 1.54) is 16.4 Å². The predicted octanol–water partition coefficient (Wildman–Crippen LogP) is 3.18. The van der Waals surface area contributed by atoms with E-state index in [1.807, 2.05) is 0 Å². The van der Waals surface area contributed by atoms with Gasteiger partial charge in [-0.3, -0.25) is 4.31 Å². The van der Waals surface area contributed by atoms with Crippen LogP contribution in [0, 0.1) is 5.82 Å². The van der Waals surface area contributed by atoms with Crippen LogP contribution >= 0.6 is 15.9 Å². The standard InChI is InChI=1S/C14H11BrFNO3S/c15-11-6-5-10(9-12(11)16)21(18,19)17-7-8-20-14-4-2-1-3-13(14)17/h1-6,9H,7-8H2. The van der Waals surface area contributed by atoms with Crippen molar-refractivity contribution >= 4 is 31.6 Å². The molecule has 110 valence electrons. The van der Waals surface area contributed by atoms with Crippen molar-refractivity contribution in [2.24, 2.45) is 0 Å². The molecule has 7 heteroatoms. The van der Waals surface area contributed by atoms with Gasteiger partial charge in [-0.25, -0.2) is 12.8 Å². The molecule has 0 amide bonds. The molecule has 0 fully saturated rings. The van der Waals surface area contributed by atoms with E-state index < -0.39 is 15.8 Å². The summed E-state index contributed by atoms with van der Waals surface area (Å²) in [7, 11) is -3.82. The maximum absolute atomic E-state index is 13.6. The number of sulfonamides is 1. The Balaban J connectivity index is 2.09. The van der Waals surface area contributed by atoms with Gasteiger partial charge in [0.1, 0.15) is 18.2 Å². The lowest BCUT2D eigenvalue weighted by Gasteiger charge is -2.30. The first-order chi connectivity index (χ1) is 10.00. The van der Waals surface area contributed by atoms with Crippen molar-refractivity contribution < 1.29 is 17.5 Å². The highest BCUT2D eigenvalue weighted by Gasteiger charge is 2.30. The molecule has 4 nitrogen and oxygen atoms in total. The summed E-state index contributed by atoms with van der Waals surface area (Å²) < 4.78 is 45.9. The van der Waals surface area contributed by atoms with Gasteiger partial charge in [-0.15, -0.1) is 0 Å². The first kappa shape index (κ1) is 14.3. The second kappa shape index (κ2) is 5.31. The maximum atomic E-state index is 13.6. The first-order valence-electron chi connectivity index (χ1n) is 6.20. The van der Waals surface area contributed by atoms with Crippen LogP contribution in [0.4, 0.5) is 10.1 Å². The summed E-state index contributed by atoms with van der Waals surface area (Å²) in [4.78, 5) is -0.0834. The normalized spacial score (nSPS) is 14.5. The molecule has 0 N–H and O–H groups in total. The Kier molecular flexibility index (Phi) is 3.62. The SMILES string of the molecule is O=S(=O)(c1ccc(Br)c(F)c1)N1CCOc2ccccc21. The Morgan fingerprint density at radius 3 is 2.71 bits per heavy atom. The fourth-order valence-corrected chi connectivity index (χ4v) is 3.88. The Hall–Kier alpha value is -1.60. The van der Waals surface area contributed by atoms with Crippen LogP contribution < -0.4 is 9.04 Å². The summed E-state index contributed by atoms with van der Waals surface area (Å²) >= 11 is 3.01. The van der Waals surface area contributed by atoms with Crippen molar-refractivity contribution in [3.63, 3.8) is 0 Å². The predicted molar refractivity (Wildman–Crippen MR) is 80.6 cm³/mol. The second-order valence-corrected chi connectivity index (χ2v) is 7.19. The molecule has 0 aromatic heterocycles. The molecule has 0 aliphatic carbocycles. The summed E-state index contributed by atoms with van der Waals surface area (Å²) in [5.41, 5.74) is 0.465. The number of anilines is 1. The van der Waals surface area contributed by atoms with Crippen molar-refractivity contribution in [2.45, 2.75) is 4.90 Å². The molecular formula is C14H11BrFNO3S. The van der Waals surface area contributed by atoms with Gasteiger partial charge in [0.2, 0.25) is 0 Å². The summed E-state index contributed by atoms with van der Waals surface area (Å²) in [6, 6.07) is 10.7. The van der Waals surface area contributed by atoms with Gasteiger partial charge in [0.15, 0.2) is 0 Å². The van der Waals surface area contributed by atoms with E-state index in [9.17, 15) is 12.8 Å². The molecule has 2 aromatic rings. The van der Waals surface area contributed by atoms with Gasteiger partial charge >= 0.3 is 0 Å². The summed E-state index contributed by atoms with van der Waals surface area (Å²) in [5, 5.41) is 0. The number of fused-ring (bicyclic) bond motifs is 1. The van der Waals surface area contributed by atoms with Gasteiger partial charge in [-0.2, -0.15) is 0 Å². The molecular weight excluding hydrogens is 361 g/mol. The third-order valence-electron chi connectivity index (χ3n) is 3.16. The molecule has 0 saturated carbocycles. The topological polar surface area (TPSA) is 46.6 Å². The summed E-state index contributed by atoms with van der Waals surface area (Å²) in [5.74, 6) is -0.109. The number of hydrogen-bond acceptors (Lipinski definition) is 3. The molecule has 0 radical (unpaired) electrons. The highest BCUT2D eigenvalue weighted by Crippen LogP contribution is 2.35. The number of halogens is 2. The van der Waals surface area contributed by atoms with E-state index in [4.69, 9.17) is 4.74 Å². The first-order valence-corrected chi connectivity index (χ1v) is 8.43. The molecule has 3 rings (SSSR count). The largest absolute Gasteiger partial charge is 0.489 e. The number of hydrogen-bond donors (Lipinski definition) is 0. The molecule has 1 heterocycles. The Morgan fingerprint density at radius 2 is 1.95 bits per heavy atom. The smallest absolute Gasteiger partial charge is 0.264 e. The van der Waals surface area contributed by atoms with Crippen LogP contribution in [0.25, 0.3) is 0 Å². The molecule has 1 aliphatic rings. The number of para-hydroxylation sites is 2. The van der Waals surface area contributed by atoms with Crippen LogP contribution in [-0.4, -0.2) is 21.6 Å². The molecule has 0 bridgehead atoms. The third-order valence-corrected chi connectivity index (χ3v) is 5.62. The van der Waals surface area contributed by atoms with E-state index in [1.54, 1.807) is 24.3 Å². The number of rotatable bonds is 2. The van der Waals surface area contributed by atoms with Crippen LogP contribution in [-0.2, 0) is 10.0 Å². The van der Waals surface area contributed by atoms with Gasteiger partial charge in [-0.05, 0) is 46.3 Å². The molecule has 1 aliphatic heterocycles. The van der Waals surface area contributed by atoms with Gasteiger partial charge in [-0.1, -0.05) is 12.1 Å². The zero-order valence-corrected chi connectivity index (χ0v) is 13.2. The van der Waals surface area contributed by atoms with E-state index >= 15 is 0 Å². The highest BCUT2D eigenvalue weighted by molar-refractivity contribution is 9.10. The molecule has 0 unspecified atom stereocenters. The fraction of sp³-hybridized carbons (Fsp3) is 0.143. The number of ether oxygens (including phenoxy) is 1. The average molecular weight is 372 g/mol. The van der Waals surface area contributed by atoms with E-state index in [2.05, 4.69) is 15.9 Å². The Labute approximate surface area is 130 Å². The van der Waals surface area contributed by atoms with Crippen molar-refractivity contribution in [3.8, 4) is 5.75 Å². The minimum absolute atomic E-state index is 0.0834. The van der Waals surface area contributed by atoms with Crippen LogP contribution in [0.3, 0.4) is 0 Å². The lowest BCUT2D eigenvalue weighted by Crippen LogP contribution is -2.37. The Bertz CT molecular complexity index is 795. The second-order valence-electron chi connectivity index (χ2n) is 4.47. The number of nitrogens with zero attached hydrogens (tertiary/aromatic N) is 1. The lowest BCUT2D eigenvalue weighted by atomic mass is 10.2. The zero-order chi connectivity index (χ0) is 15.0. The van der Waals surface area contributed by atoms with Gasteiger partial charge in [0, 0.05) is 0 Å². The number of benzene rings is 2. The highest BCUT2D eigenvalue weighted by atomic mass is 79.9. The van der Waals surface area contributed by atoms with Crippen LogP contribution in [0.1, 0.15) is 0 Å². The molecule has 0 atom stereocenters. The quantitative estimate of drug-likeness (QED) is 0.814. The van der Waals surface area contributed by atoms with Crippen molar-refractivity contribution in [2.75, 3.05) is 17.5 Å². The fourth-order valence-electron chi connectivity index (χ4n) is 2.16. The van der Waals surface area contributed by atoms with Crippen LogP contribution in [0.15, 0.2) is 51.8 Å². The molecule has 21 heavy (non-hydrogen) atoms. The average Bonchev–Trinajstić information content (AvgIpc) is 2.49. The van der Waals surface area contributed by atoms with Gasteiger partial charge < -0.3 is 4.74 Å². The zero-order valence-electron chi connectivity index (χ0n) is 10.8. The summed E-state index contributed by atoms with van der Waals surface area (Å²) in [6.45, 7) is 0.451. The van der Waals surface area contributed by atoms with Crippen molar-refractivity contribution in [3.05, 3.63) is 52.8 Å². The summed E-state index contributed by atoms with van der Waals surface area (Å²) in [6.07, 6.45) is 0. The Morgan fingerprint density at radius 1 is 1.19 bits per heavy atom. The third kappa shape index (κ3) is 2.51. The van der Waals surface area contributed by atoms with Gasteiger partial charge in [0.25, 0.3) is 10.0 Å². The molecule has 2 aromatic carbocycles. The van der Waals surface area contributed by atoms with E-state index in [-0.39, 0.29) is 22.5 Å². The molecule has 0 saturated heterocycles. The van der Waals surface area contributed by atoms with E-state index in [0.29, 0.717) is 11.4 Å². The monoisotopic (exact) mass is 371 g/mol.